The van der Waals surface area contributed by atoms with Gasteiger partial charge < -0.3 is 15.2 Å². The molecular weight excluding hydrogens is 202 g/mol. The van der Waals surface area contributed by atoms with Gasteiger partial charge in [0.2, 0.25) is 0 Å². The summed E-state index contributed by atoms with van der Waals surface area (Å²) >= 11 is 0. The molecule has 2 N–H and O–H groups in total. The minimum Gasteiger partial charge on any atom is -0.491 e. The van der Waals surface area contributed by atoms with Gasteiger partial charge in [0.05, 0.1) is 0 Å². The largest absolute Gasteiger partial charge is 0.491 e. The molecular formula is C13H19NO2. The molecule has 0 radical (unpaired) electrons. The number of benzene rings is 1. The van der Waals surface area contributed by atoms with Gasteiger partial charge in [-0.05, 0) is 37.5 Å². The SMILES string of the molecule is Cc1cccc(OC[C@H](O)CNC2CC2)c1. The Morgan fingerprint density at radius 1 is 1.50 bits per heavy atom. The van der Waals surface area contributed by atoms with Crippen molar-refractivity contribution in [1.82, 2.24) is 5.32 Å². The standard InChI is InChI=1S/C13H19NO2/c1-10-3-2-4-13(7-10)16-9-12(15)8-14-11-5-6-11/h2-4,7,11-12,14-15H,5-6,8-9H2,1H3/t12-/m1/s1. The van der Waals surface area contributed by atoms with Gasteiger partial charge in [0.25, 0.3) is 0 Å². The summed E-state index contributed by atoms with van der Waals surface area (Å²) in [6, 6.07) is 8.50. The fraction of sp³-hybridized carbons (Fsp3) is 0.538. The zero-order valence-electron chi connectivity index (χ0n) is 9.65. The van der Waals surface area contributed by atoms with Crippen LogP contribution >= 0.6 is 0 Å². The summed E-state index contributed by atoms with van der Waals surface area (Å²) in [5.41, 5.74) is 1.17. The maximum absolute atomic E-state index is 9.67. The second-order valence-corrected chi connectivity index (χ2v) is 4.46. The summed E-state index contributed by atoms with van der Waals surface area (Å²) in [6.45, 7) is 3.00. The molecule has 0 spiro atoms. The van der Waals surface area contributed by atoms with Crippen LogP contribution in [0.4, 0.5) is 0 Å². The average Bonchev–Trinajstić information content (AvgIpc) is 3.07. The summed E-state index contributed by atoms with van der Waals surface area (Å²) in [4.78, 5) is 0. The Morgan fingerprint density at radius 3 is 3.00 bits per heavy atom. The Hall–Kier alpha value is -1.06. The van der Waals surface area contributed by atoms with Crippen molar-refractivity contribution >= 4 is 0 Å². The van der Waals surface area contributed by atoms with Gasteiger partial charge in [-0.15, -0.1) is 0 Å². The first-order valence-electron chi connectivity index (χ1n) is 5.85. The first kappa shape index (κ1) is 11.4. The van der Waals surface area contributed by atoms with Crippen LogP contribution in [0.1, 0.15) is 18.4 Å². The zero-order chi connectivity index (χ0) is 11.4. The van der Waals surface area contributed by atoms with Crippen LogP contribution in [0, 0.1) is 6.92 Å². The van der Waals surface area contributed by atoms with Crippen molar-refractivity contribution in [3.05, 3.63) is 29.8 Å². The molecule has 1 aliphatic rings. The Kier molecular flexibility index (Phi) is 3.80. The molecule has 1 aromatic carbocycles. The Balaban J connectivity index is 1.69. The summed E-state index contributed by atoms with van der Waals surface area (Å²) in [5.74, 6) is 0.825. The molecule has 0 unspecified atom stereocenters. The highest BCUT2D eigenvalue weighted by atomic mass is 16.5. The topological polar surface area (TPSA) is 41.5 Å². The Labute approximate surface area is 96.4 Å². The second kappa shape index (κ2) is 5.32. The number of hydrogen-bond donors (Lipinski definition) is 2. The average molecular weight is 221 g/mol. The van der Waals surface area contributed by atoms with Gasteiger partial charge in [0.1, 0.15) is 18.5 Å². The van der Waals surface area contributed by atoms with Crippen LogP contribution in [-0.4, -0.2) is 30.4 Å². The molecule has 1 atom stereocenters. The number of hydrogen-bond acceptors (Lipinski definition) is 3. The third-order valence-corrected chi connectivity index (χ3v) is 2.65. The van der Waals surface area contributed by atoms with Crippen molar-refractivity contribution in [1.29, 1.82) is 0 Å². The minimum absolute atomic E-state index is 0.350. The summed E-state index contributed by atoms with van der Waals surface area (Å²) in [6.07, 6.45) is 2.05. The minimum atomic E-state index is -0.430. The van der Waals surface area contributed by atoms with Gasteiger partial charge in [-0.25, -0.2) is 0 Å². The number of aryl methyl sites for hydroxylation is 1. The lowest BCUT2D eigenvalue weighted by Crippen LogP contribution is -2.32. The molecule has 0 saturated heterocycles. The maximum Gasteiger partial charge on any atom is 0.119 e. The van der Waals surface area contributed by atoms with E-state index in [2.05, 4.69) is 5.32 Å². The van der Waals surface area contributed by atoms with E-state index in [1.807, 2.05) is 31.2 Å². The Bertz CT molecular complexity index is 336. The first-order chi connectivity index (χ1) is 7.74. The molecule has 0 bridgehead atoms. The number of nitrogens with one attached hydrogen (secondary N) is 1. The fourth-order valence-electron chi connectivity index (χ4n) is 1.55. The molecule has 1 aromatic rings. The van der Waals surface area contributed by atoms with Crippen LogP contribution in [-0.2, 0) is 0 Å². The zero-order valence-corrected chi connectivity index (χ0v) is 9.65. The molecule has 16 heavy (non-hydrogen) atoms. The number of aliphatic hydroxyl groups excluding tert-OH is 1. The van der Waals surface area contributed by atoms with Crippen LogP contribution < -0.4 is 10.1 Å². The number of rotatable bonds is 6. The summed E-state index contributed by atoms with van der Waals surface area (Å²) in [5, 5.41) is 12.9. The van der Waals surface area contributed by atoms with Crippen molar-refractivity contribution in [3.8, 4) is 5.75 Å². The lowest BCUT2D eigenvalue weighted by molar-refractivity contribution is 0.106. The van der Waals surface area contributed by atoms with Crippen molar-refractivity contribution in [2.24, 2.45) is 0 Å². The maximum atomic E-state index is 9.67. The summed E-state index contributed by atoms with van der Waals surface area (Å²) < 4.78 is 5.51. The van der Waals surface area contributed by atoms with Crippen LogP contribution in [0.5, 0.6) is 5.75 Å². The van der Waals surface area contributed by atoms with E-state index in [0.29, 0.717) is 19.2 Å². The van der Waals surface area contributed by atoms with Crippen LogP contribution in [0.3, 0.4) is 0 Å². The lowest BCUT2D eigenvalue weighted by atomic mass is 10.2. The van der Waals surface area contributed by atoms with Gasteiger partial charge >= 0.3 is 0 Å². The second-order valence-electron chi connectivity index (χ2n) is 4.46. The lowest BCUT2D eigenvalue weighted by Gasteiger charge is -2.13. The molecule has 88 valence electrons. The van der Waals surface area contributed by atoms with Crippen LogP contribution in [0.15, 0.2) is 24.3 Å². The molecule has 0 aliphatic heterocycles. The van der Waals surface area contributed by atoms with E-state index in [4.69, 9.17) is 4.74 Å². The van der Waals surface area contributed by atoms with Gasteiger partial charge in [-0.3, -0.25) is 0 Å². The first-order valence-corrected chi connectivity index (χ1v) is 5.85. The smallest absolute Gasteiger partial charge is 0.119 e. The molecule has 0 aromatic heterocycles. The molecule has 1 aliphatic carbocycles. The monoisotopic (exact) mass is 221 g/mol. The predicted molar refractivity (Wildman–Crippen MR) is 63.7 cm³/mol. The highest BCUT2D eigenvalue weighted by Crippen LogP contribution is 2.18. The molecule has 1 fully saturated rings. The summed E-state index contributed by atoms with van der Waals surface area (Å²) in [7, 11) is 0. The van der Waals surface area contributed by atoms with Crippen molar-refractivity contribution in [2.45, 2.75) is 31.9 Å². The molecule has 3 heteroatoms. The highest BCUT2D eigenvalue weighted by molar-refractivity contribution is 5.27. The molecule has 0 amide bonds. The van der Waals surface area contributed by atoms with Crippen LogP contribution in [0.2, 0.25) is 0 Å². The number of ether oxygens (including phenoxy) is 1. The molecule has 1 saturated carbocycles. The van der Waals surface area contributed by atoms with Crippen molar-refractivity contribution in [3.63, 3.8) is 0 Å². The molecule has 3 nitrogen and oxygen atoms in total. The van der Waals surface area contributed by atoms with Crippen molar-refractivity contribution in [2.75, 3.05) is 13.2 Å². The van der Waals surface area contributed by atoms with E-state index in [0.717, 1.165) is 5.75 Å². The fourth-order valence-corrected chi connectivity index (χ4v) is 1.55. The number of aliphatic hydroxyl groups is 1. The van der Waals surface area contributed by atoms with E-state index in [-0.39, 0.29) is 0 Å². The van der Waals surface area contributed by atoms with Gasteiger partial charge in [0.15, 0.2) is 0 Å². The quantitative estimate of drug-likeness (QED) is 0.764. The van der Waals surface area contributed by atoms with E-state index < -0.39 is 6.10 Å². The van der Waals surface area contributed by atoms with E-state index in [1.165, 1.54) is 18.4 Å². The van der Waals surface area contributed by atoms with Crippen LogP contribution in [0.25, 0.3) is 0 Å². The molecule has 2 rings (SSSR count). The predicted octanol–water partition coefficient (Wildman–Crippen LogP) is 1.49. The van der Waals surface area contributed by atoms with Gasteiger partial charge in [-0.2, -0.15) is 0 Å². The van der Waals surface area contributed by atoms with E-state index in [1.54, 1.807) is 0 Å². The molecule has 0 heterocycles. The third kappa shape index (κ3) is 3.83. The Morgan fingerprint density at radius 2 is 2.31 bits per heavy atom. The van der Waals surface area contributed by atoms with Crippen molar-refractivity contribution < 1.29 is 9.84 Å². The van der Waals surface area contributed by atoms with Gasteiger partial charge in [0, 0.05) is 12.6 Å². The normalized spacial score (nSPS) is 17.1. The third-order valence-electron chi connectivity index (χ3n) is 2.65. The van der Waals surface area contributed by atoms with Gasteiger partial charge in [-0.1, -0.05) is 12.1 Å². The highest BCUT2D eigenvalue weighted by Gasteiger charge is 2.21. The van der Waals surface area contributed by atoms with E-state index in [9.17, 15) is 5.11 Å². The van der Waals surface area contributed by atoms with E-state index >= 15 is 0 Å².